The van der Waals surface area contributed by atoms with Crippen LogP contribution in [0.3, 0.4) is 0 Å². The van der Waals surface area contributed by atoms with Gasteiger partial charge in [-0.1, -0.05) is 11.6 Å². The smallest absolute Gasteiger partial charge is 0.115 e. The van der Waals surface area contributed by atoms with Crippen LogP contribution < -0.4 is 5.32 Å². The minimum atomic E-state index is 0.120. The number of nitrogens with zero attached hydrogens (tertiary/aromatic N) is 2. The summed E-state index contributed by atoms with van der Waals surface area (Å²) in [5.41, 5.74) is 3.65. The zero-order valence-corrected chi connectivity index (χ0v) is 11.9. The average molecular weight is 296 g/mol. The first-order valence-corrected chi connectivity index (χ1v) is 7.57. The monoisotopic (exact) mass is 295 g/mol. The molecule has 1 N–H and O–H groups in total. The van der Waals surface area contributed by atoms with Gasteiger partial charge in [0, 0.05) is 11.6 Å². The second-order valence-electron chi connectivity index (χ2n) is 3.86. The van der Waals surface area contributed by atoms with Crippen molar-refractivity contribution in [2.75, 3.05) is 5.32 Å². The number of hydrogen-bond acceptors (Lipinski definition) is 5. The van der Waals surface area contributed by atoms with E-state index in [4.69, 9.17) is 11.6 Å². The van der Waals surface area contributed by atoms with Crippen molar-refractivity contribution in [3.63, 3.8) is 0 Å². The Morgan fingerprint density at radius 2 is 2.17 bits per heavy atom. The van der Waals surface area contributed by atoms with Gasteiger partial charge in [-0.05, 0) is 19.1 Å². The third kappa shape index (κ3) is 2.09. The first-order valence-electron chi connectivity index (χ1n) is 5.43. The lowest BCUT2D eigenvalue weighted by molar-refractivity contribution is 0.871. The van der Waals surface area contributed by atoms with Crippen LogP contribution in [0.2, 0.25) is 5.02 Å². The lowest BCUT2D eigenvalue weighted by Gasteiger charge is -2.14. The predicted octanol–water partition coefficient (Wildman–Crippen LogP) is 4.58. The molecule has 3 aromatic rings. The largest absolute Gasteiger partial charge is 0.373 e. The fourth-order valence-corrected chi connectivity index (χ4v) is 3.31. The van der Waals surface area contributed by atoms with E-state index in [1.807, 2.05) is 29.2 Å². The molecule has 0 radical (unpaired) electrons. The molecule has 3 nitrogen and oxygen atoms in total. The number of fused-ring (bicyclic) bond motifs is 1. The van der Waals surface area contributed by atoms with Crippen molar-refractivity contribution in [1.82, 2.24) is 9.97 Å². The lowest BCUT2D eigenvalue weighted by atomic mass is 10.2. The fraction of sp³-hybridized carbons (Fsp3) is 0.167. The Bertz CT molecular complexity index is 663. The summed E-state index contributed by atoms with van der Waals surface area (Å²) in [7, 11) is 0. The molecule has 0 fully saturated rings. The van der Waals surface area contributed by atoms with Gasteiger partial charge in [0.15, 0.2) is 0 Å². The van der Waals surface area contributed by atoms with Crippen molar-refractivity contribution in [2.45, 2.75) is 13.0 Å². The van der Waals surface area contributed by atoms with E-state index in [0.717, 1.165) is 20.9 Å². The number of thiazole rings is 2. The summed E-state index contributed by atoms with van der Waals surface area (Å²) in [4.78, 5) is 8.67. The first-order chi connectivity index (χ1) is 8.75. The number of hydrogen-bond donors (Lipinski definition) is 1. The number of aromatic nitrogens is 2. The van der Waals surface area contributed by atoms with E-state index in [1.165, 1.54) is 0 Å². The molecule has 92 valence electrons. The van der Waals surface area contributed by atoms with Gasteiger partial charge in [0.1, 0.15) is 10.5 Å². The van der Waals surface area contributed by atoms with Gasteiger partial charge in [0.2, 0.25) is 0 Å². The molecule has 0 amide bonds. The van der Waals surface area contributed by atoms with Gasteiger partial charge in [0.25, 0.3) is 0 Å². The molecule has 1 aromatic carbocycles. The minimum absolute atomic E-state index is 0.120. The average Bonchev–Trinajstić information content (AvgIpc) is 3.02. The van der Waals surface area contributed by atoms with Crippen molar-refractivity contribution >= 4 is 50.2 Å². The zero-order valence-electron chi connectivity index (χ0n) is 9.55. The van der Waals surface area contributed by atoms with Crippen molar-refractivity contribution in [1.29, 1.82) is 0 Å². The number of halogens is 1. The van der Waals surface area contributed by atoms with Crippen LogP contribution in [0.5, 0.6) is 0 Å². The Balaban J connectivity index is 1.99. The van der Waals surface area contributed by atoms with Crippen LogP contribution >= 0.6 is 34.3 Å². The van der Waals surface area contributed by atoms with Gasteiger partial charge in [-0.15, -0.1) is 22.7 Å². The van der Waals surface area contributed by atoms with Gasteiger partial charge in [-0.25, -0.2) is 9.97 Å². The fourth-order valence-electron chi connectivity index (χ4n) is 1.77. The quantitative estimate of drug-likeness (QED) is 0.768. The molecular formula is C12H10ClN3S2. The normalized spacial score (nSPS) is 12.8. The van der Waals surface area contributed by atoms with Crippen LogP contribution in [-0.4, -0.2) is 9.97 Å². The maximum Gasteiger partial charge on any atom is 0.115 e. The second kappa shape index (κ2) is 4.84. The van der Waals surface area contributed by atoms with E-state index < -0.39 is 0 Å². The van der Waals surface area contributed by atoms with E-state index in [2.05, 4.69) is 22.2 Å². The molecule has 0 aliphatic rings. The van der Waals surface area contributed by atoms with Crippen LogP contribution in [0.4, 0.5) is 5.69 Å². The Hall–Kier alpha value is -1.17. The molecule has 1 unspecified atom stereocenters. The van der Waals surface area contributed by atoms with E-state index in [0.29, 0.717) is 5.02 Å². The molecule has 0 saturated carbocycles. The number of rotatable bonds is 3. The zero-order chi connectivity index (χ0) is 12.5. The highest BCUT2D eigenvalue weighted by atomic mass is 35.5. The summed E-state index contributed by atoms with van der Waals surface area (Å²) in [5, 5.41) is 7.10. The standard InChI is InChI=1S/C12H10ClN3S2/c1-7(12-14-4-5-17-12)16-10-8(13)2-3-9-11(10)15-6-18-9/h2-7,16H,1H3. The molecule has 0 spiro atoms. The van der Waals surface area contributed by atoms with Gasteiger partial charge in [-0.2, -0.15) is 0 Å². The van der Waals surface area contributed by atoms with Crippen LogP contribution in [0.25, 0.3) is 10.2 Å². The molecule has 2 aromatic heterocycles. The Labute approximate surface area is 117 Å². The van der Waals surface area contributed by atoms with Crippen LogP contribution in [-0.2, 0) is 0 Å². The SMILES string of the molecule is CC(Nc1c(Cl)ccc2scnc12)c1nccs1. The topological polar surface area (TPSA) is 37.8 Å². The van der Waals surface area contributed by atoms with Gasteiger partial charge in [0.05, 0.1) is 27.0 Å². The third-order valence-corrected chi connectivity index (χ3v) is 4.70. The maximum absolute atomic E-state index is 6.25. The van der Waals surface area contributed by atoms with E-state index in [9.17, 15) is 0 Å². The Morgan fingerprint density at radius 1 is 1.28 bits per heavy atom. The molecule has 18 heavy (non-hydrogen) atoms. The van der Waals surface area contributed by atoms with Gasteiger partial charge >= 0.3 is 0 Å². The van der Waals surface area contributed by atoms with Gasteiger partial charge < -0.3 is 5.32 Å². The third-order valence-electron chi connectivity index (χ3n) is 2.63. The Morgan fingerprint density at radius 3 is 2.94 bits per heavy atom. The van der Waals surface area contributed by atoms with Crippen molar-refractivity contribution in [2.24, 2.45) is 0 Å². The summed E-state index contributed by atoms with van der Waals surface area (Å²) in [5.74, 6) is 0. The molecule has 0 bridgehead atoms. The second-order valence-corrected chi connectivity index (χ2v) is 6.08. The summed E-state index contributed by atoms with van der Waals surface area (Å²) in [6.45, 7) is 2.07. The summed E-state index contributed by atoms with van der Waals surface area (Å²) < 4.78 is 1.13. The van der Waals surface area contributed by atoms with Crippen LogP contribution in [0.15, 0.2) is 29.2 Å². The highest BCUT2D eigenvalue weighted by Gasteiger charge is 2.13. The molecule has 6 heteroatoms. The van der Waals surface area contributed by atoms with Crippen LogP contribution in [0, 0.1) is 0 Å². The molecule has 0 aliphatic carbocycles. The summed E-state index contributed by atoms with van der Waals surface area (Å²) >= 11 is 9.49. The highest BCUT2D eigenvalue weighted by molar-refractivity contribution is 7.16. The van der Waals surface area contributed by atoms with E-state index >= 15 is 0 Å². The molecule has 3 rings (SSSR count). The number of anilines is 1. The Kier molecular flexibility index (Phi) is 3.20. The number of nitrogens with one attached hydrogen (secondary N) is 1. The maximum atomic E-state index is 6.25. The molecule has 0 aliphatic heterocycles. The molecule has 0 saturated heterocycles. The van der Waals surface area contributed by atoms with Crippen molar-refractivity contribution in [3.8, 4) is 0 Å². The highest BCUT2D eigenvalue weighted by Crippen LogP contribution is 2.34. The molecule has 2 heterocycles. The van der Waals surface area contributed by atoms with E-state index in [-0.39, 0.29) is 6.04 Å². The van der Waals surface area contributed by atoms with Crippen molar-refractivity contribution < 1.29 is 0 Å². The number of benzene rings is 1. The summed E-state index contributed by atoms with van der Waals surface area (Å²) in [6, 6.07) is 4.02. The first kappa shape index (κ1) is 11.9. The molecule has 1 atom stereocenters. The minimum Gasteiger partial charge on any atom is -0.373 e. The predicted molar refractivity (Wildman–Crippen MR) is 78.8 cm³/mol. The van der Waals surface area contributed by atoms with E-state index in [1.54, 1.807) is 22.7 Å². The van der Waals surface area contributed by atoms with Crippen LogP contribution in [0.1, 0.15) is 18.0 Å². The van der Waals surface area contributed by atoms with Gasteiger partial charge in [-0.3, -0.25) is 0 Å². The van der Waals surface area contributed by atoms with Crippen molar-refractivity contribution in [3.05, 3.63) is 39.3 Å². The molecular weight excluding hydrogens is 286 g/mol. The summed E-state index contributed by atoms with van der Waals surface area (Å²) in [6.07, 6.45) is 1.81. The lowest BCUT2D eigenvalue weighted by Crippen LogP contribution is -2.07.